The molecule has 0 bridgehead atoms. The fraction of sp³-hybridized carbons (Fsp3) is 0.462. The van der Waals surface area contributed by atoms with Gasteiger partial charge in [-0.3, -0.25) is 0 Å². The van der Waals surface area contributed by atoms with Crippen molar-refractivity contribution in [3.8, 4) is 0 Å². The minimum Gasteiger partial charge on any atom is -0.478 e. The van der Waals surface area contributed by atoms with Crippen LogP contribution in [0.15, 0.2) is 24.3 Å². The number of thioether (sulfide) groups is 1. The van der Waals surface area contributed by atoms with Crippen molar-refractivity contribution in [2.75, 3.05) is 23.9 Å². The molecule has 4 heteroatoms. The van der Waals surface area contributed by atoms with Gasteiger partial charge in [-0.2, -0.15) is 11.8 Å². The maximum Gasteiger partial charge on any atom is 0.335 e. The molecule has 0 aliphatic rings. The van der Waals surface area contributed by atoms with E-state index in [1.54, 1.807) is 12.1 Å². The van der Waals surface area contributed by atoms with Crippen molar-refractivity contribution in [2.24, 2.45) is 0 Å². The van der Waals surface area contributed by atoms with Gasteiger partial charge in [0.2, 0.25) is 0 Å². The zero-order valence-electron chi connectivity index (χ0n) is 10.1. The van der Waals surface area contributed by atoms with Crippen molar-refractivity contribution < 1.29 is 9.90 Å². The van der Waals surface area contributed by atoms with E-state index >= 15 is 0 Å². The van der Waals surface area contributed by atoms with Crippen LogP contribution < -0.4 is 5.32 Å². The molecular formula is C13H19NO2S. The lowest BCUT2D eigenvalue weighted by Gasteiger charge is -2.06. The number of hydrogen-bond acceptors (Lipinski definition) is 3. The molecule has 0 spiro atoms. The quantitative estimate of drug-likeness (QED) is 0.698. The summed E-state index contributed by atoms with van der Waals surface area (Å²) in [5.74, 6) is 0.349. The second-order valence-electron chi connectivity index (χ2n) is 3.86. The van der Waals surface area contributed by atoms with Crippen LogP contribution in [0.4, 0.5) is 5.69 Å². The van der Waals surface area contributed by atoms with E-state index < -0.39 is 5.97 Å². The van der Waals surface area contributed by atoms with Crippen LogP contribution in [0.25, 0.3) is 0 Å². The molecule has 1 aromatic rings. The summed E-state index contributed by atoms with van der Waals surface area (Å²) in [6, 6.07) is 6.87. The number of carbonyl (C=O) groups is 1. The highest BCUT2D eigenvalue weighted by Crippen LogP contribution is 2.10. The van der Waals surface area contributed by atoms with Crippen LogP contribution in [0, 0.1) is 0 Å². The lowest BCUT2D eigenvalue weighted by Crippen LogP contribution is -2.02. The molecule has 0 fully saturated rings. The number of aromatic carboxylic acids is 1. The van der Waals surface area contributed by atoms with E-state index in [2.05, 4.69) is 11.6 Å². The third kappa shape index (κ3) is 5.63. The van der Waals surface area contributed by atoms with Crippen LogP contribution in [0.2, 0.25) is 0 Å². The zero-order valence-corrected chi connectivity index (χ0v) is 10.9. The van der Waals surface area contributed by atoms with E-state index in [0.29, 0.717) is 5.56 Å². The molecule has 3 nitrogen and oxygen atoms in total. The van der Waals surface area contributed by atoms with Crippen LogP contribution in [0.3, 0.4) is 0 Å². The van der Waals surface area contributed by atoms with Crippen LogP contribution in [-0.2, 0) is 0 Å². The Morgan fingerprint density at radius 2 is 1.94 bits per heavy atom. The molecule has 94 valence electrons. The maximum atomic E-state index is 10.7. The van der Waals surface area contributed by atoms with Crippen molar-refractivity contribution >= 4 is 23.4 Å². The molecule has 1 rings (SSSR count). The second-order valence-corrected chi connectivity index (χ2v) is 4.85. The minimum atomic E-state index is -0.881. The fourth-order valence-corrected chi connectivity index (χ4v) is 2.00. The highest BCUT2D eigenvalue weighted by Gasteiger charge is 2.00. The van der Waals surface area contributed by atoms with Gasteiger partial charge in [0.15, 0.2) is 0 Å². The third-order valence-corrected chi connectivity index (χ3v) is 3.18. The Labute approximate surface area is 107 Å². The zero-order chi connectivity index (χ0) is 12.5. The Morgan fingerprint density at radius 1 is 1.24 bits per heavy atom. The molecule has 0 atom stereocenters. The number of hydrogen-bond donors (Lipinski definition) is 2. The van der Waals surface area contributed by atoms with E-state index in [1.165, 1.54) is 18.6 Å². The average Bonchev–Trinajstić information content (AvgIpc) is 2.34. The van der Waals surface area contributed by atoms with Crippen molar-refractivity contribution in [1.29, 1.82) is 0 Å². The van der Waals surface area contributed by atoms with Gasteiger partial charge in [0.1, 0.15) is 0 Å². The SMILES string of the molecule is CSCCCCCNc1ccc(C(=O)O)cc1. The predicted octanol–water partition coefficient (Wildman–Crippen LogP) is 3.33. The van der Waals surface area contributed by atoms with E-state index in [-0.39, 0.29) is 0 Å². The molecule has 2 N–H and O–H groups in total. The number of rotatable bonds is 8. The molecule has 0 unspecified atom stereocenters. The third-order valence-electron chi connectivity index (χ3n) is 2.49. The molecule has 1 aromatic carbocycles. The van der Waals surface area contributed by atoms with Crippen LogP contribution in [-0.4, -0.2) is 29.6 Å². The topological polar surface area (TPSA) is 49.3 Å². The smallest absolute Gasteiger partial charge is 0.335 e. The van der Waals surface area contributed by atoms with E-state index in [0.717, 1.165) is 18.7 Å². The molecule has 0 aromatic heterocycles. The van der Waals surface area contributed by atoms with Gasteiger partial charge >= 0.3 is 5.97 Å². The lowest BCUT2D eigenvalue weighted by atomic mass is 10.2. The van der Waals surface area contributed by atoms with Crippen LogP contribution >= 0.6 is 11.8 Å². The van der Waals surface area contributed by atoms with Gasteiger partial charge in [0, 0.05) is 12.2 Å². The number of nitrogens with one attached hydrogen (secondary N) is 1. The standard InChI is InChI=1S/C13H19NO2S/c1-17-10-4-2-3-9-14-12-7-5-11(6-8-12)13(15)16/h5-8,14H,2-4,9-10H2,1H3,(H,15,16). The Bertz CT molecular complexity index is 338. The molecule has 17 heavy (non-hydrogen) atoms. The van der Waals surface area contributed by atoms with Gasteiger partial charge in [-0.15, -0.1) is 0 Å². The molecule has 0 saturated carbocycles. The first-order valence-electron chi connectivity index (χ1n) is 5.80. The molecular weight excluding hydrogens is 234 g/mol. The van der Waals surface area contributed by atoms with Gasteiger partial charge in [-0.1, -0.05) is 6.42 Å². The van der Waals surface area contributed by atoms with E-state index in [4.69, 9.17) is 5.11 Å². The molecule has 0 amide bonds. The largest absolute Gasteiger partial charge is 0.478 e. The first-order valence-corrected chi connectivity index (χ1v) is 7.19. The first kappa shape index (κ1) is 13.9. The monoisotopic (exact) mass is 253 g/mol. The summed E-state index contributed by atoms with van der Waals surface area (Å²) in [5.41, 5.74) is 1.32. The maximum absolute atomic E-state index is 10.7. The Hall–Kier alpha value is -1.16. The van der Waals surface area contributed by atoms with Crippen molar-refractivity contribution in [3.05, 3.63) is 29.8 Å². The molecule has 0 saturated heterocycles. The van der Waals surface area contributed by atoms with Crippen molar-refractivity contribution in [3.63, 3.8) is 0 Å². The predicted molar refractivity (Wildman–Crippen MR) is 74.1 cm³/mol. The summed E-state index contributed by atoms with van der Waals surface area (Å²) in [7, 11) is 0. The lowest BCUT2D eigenvalue weighted by molar-refractivity contribution is 0.0697. The highest BCUT2D eigenvalue weighted by atomic mass is 32.2. The highest BCUT2D eigenvalue weighted by molar-refractivity contribution is 7.98. The van der Waals surface area contributed by atoms with Crippen LogP contribution in [0.1, 0.15) is 29.6 Å². The molecule has 0 aliphatic carbocycles. The Morgan fingerprint density at radius 3 is 2.53 bits per heavy atom. The fourth-order valence-electron chi connectivity index (χ4n) is 1.51. The van der Waals surface area contributed by atoms with Crippen molar-refractivity contribution in [1.82, 2.24) is 0 Å². The van der Waals surface area contributed by atoms with Gasteiger partial charge < -0.3 is 10.4 Å². The Kier molecular flexibility index (Phi) is 6.55. The number of carboxylic acids is 1. The number of carboxylic acid groups (broad SMARTS) is 1. The van der Waals surface area contributed by atoms with E-state index in [9.17, 15) is 4.79 Å². The summed E-state index contributed by atoms with van der Waals surface area (Å²) in [6.45, 7) is 0.945. The first-order chi connectivity index (χ1) is 8.24. The number of unbranched alkanes of at least 4 members (excludes halogenated alkanes) is 2. The van der Waals surface area contributed by atoms with Gasteiger partial charge in [0.05, 0.1) is 5.56 Å². The summed E-state index contributed by atoms with van der Waals surface area (Å²) in [4.78, 5) is 10.7. The van der Waals surface area contributed by atoms with Crippen molar-refractivity contribution in [2.45, 2.75) is 19.3 Å². The molecule has 0 radical (unpaired) electrons. The normalized spacial score (nSPS) is 10.2. The molecule has 0 heterocycles. The average molecular weight is 253 g/mol. The van der Waals surface area contributed by atoms with Gasteiger partial charge in [-0.05, 0) is 49.1 Å². The summed E-state index contributed by atoms with van der Waals surface area (Å²) < 4.78 is 0. The van der Waals surface area contributed by atoms with Crippen LogP contribution in [0.5, 0.6) is 0 Å². The summed E-state index contributed by atoms with van der Waals surface area (Å²) in [6.07, 6.45) is 5.78. The van der Waals surface area contributed by atoms with E-state index in [1.807, 2.05) is 23.9 Å². The van der Waals surface area contributed by atoms with Gasteiger partial charge in [0.25, 0.3) is 0 Å². The number of benzene rings is 1. The van der Waals surface area contributed by atoms with Gasteiger partial charge in [-0.25, -0.2) is 4.79 Å². The second kappa shape index (κ2) is 8.01. The minimum absolute atomic E-state index is 0.329. The Balaban J connectivity index is 2.21. The summed E-state index contributed by atoms with van der Waals surface area (Å²) in [5, 5.41) is 12.0. The molecule has 0 aliphatic heterocycles. The summed E-state index contributed by atoms with van der Waals surface area (Å²) >= 11 is 1.88. The number of anilines is 1.